The van der Waals surface area contributed by atoms with Crippen LogP contribution >= 0.6 is 11.6 Å². The Balaban J connectivity index is 2.41. The second kappa shape index (κ2) is 5.75. The third-order valence-electron chi connectivity index (χ3n) is 3.23. The first-order chi connectivity index (χ1) is 8.61. The van der Waals surface area contributed by atoms with Gasteiger partial charge in [0.1, 0.15) is 5.82 Å². The number of rotatable bonds is 5. The van der Waals surface area contributed by atoms with E-state index in [1.165, 1.54) is 17.5 Å². The van der Waals surface area contributed by atoms with Gasteiger partial charge in [0, 0.05) is 18.8 Å². The molecular weight excluding hydrogens is 244 g/mol. The number of benzene rings is 1. The van der Waals surface area contributed by atoms with E-state index in [9.17, 15) is 0 Å². The van der Waals surface area contributed by atoms with Gasteiger partial charge in [0.25, 0.3) is 0 Å². The van der Waals surface area contributed by atoms with E-state index in [1.54, 1.807) is 0 Å². The summed E-state index contributed by atoms with van der Waals surface area (Å²) in [5.41, 5.74) is 3.59. The molecule has 2 aromatic rings. The number of hydrogen-bond donors (Lipinski definition) is 0. The monoisotopic (exact) mass is 264 g/mol. The summed E-state index contributed by atoms with van der Waals surface area (Å²) in [4.78, 5) is 4.72. The Kier molecular flexibility index (Phi) is 4.28. The van der Waals surface area contributed by atoms with Crippen molar-refractivity contribution in [2.75, 3.05) is 5.88 Å². The Hall–Kier alpha value is -1.02. The Morgan fingerprint density at radius 1 is 1.33 bits per heavy atom. The molecule has 2 rings (SSSR count). The molecule has 0 spiro atoms. The predicted molar refractivity (Wildman–Crippen MR) is 78.3 cm³/mol. The number of halogens is 1. The van der Waals surface area contributed by atoms with Crippen LogP contribution in [-0.2, 0) is 13.0 Å². The Morgan fingerprint density at radius 2 is 2.11 bits per heavy atom. The van der Waals surface area contributed by atoms with E-state index in [0.717, 1.165) is 24.3 Å². The molecule has 0 aliphatic rings. The van der Waals surface area contributed by atoms with Crippen LogP contribution < -0.4 is 0 Å². The van der Waals surface area contributed by atoms with Crippen LogP contribution in [0, 0.1) is 12.8 Å². The Bertz CT molecular complexity index is 529. The number of nitrogens with zero attached hydrogens (tertiary/aromatic N) is 2. The van der Waals surface area contributed by atoms with Crippen LogP contribution in [0.1, 0.15) is 31.7 Å². The van der Waals surface area contributed by atoms with E-state index in [1.807, 2.05) is 0 Å². The molecule has 18 heavy (non-hydrogen) atoms. The highest BCUT2D eigenvalue weighted by Crippen LogP contribution is 2.20. The minimum atomic E-state index is 0.629. The molecule has 98 valence electrons. The summed E-state index contributed by atoms with van der Waals surface area (Å²) in [6.07, 6.45) is 2.02. The van der Waals surface area contributed by atoms with E-state index in [4.69, 9.17) is 16.6 Å². The van der Waals surface area contributed by atoms with E-state index < -0.39 is 0 Å². The lowest BCUT2D eigenvalue weighted by atomic mass is 10.1. The van der Waals surface area contributed by atoms with Crippen LogP contribution in [0.5, 0.6) is 0 Å². The third kappa shape index (κ3) is 2.86. The van der Waals surface area contributed by atoms with Gasteiger partial charge in [-0.25, -0.2) is 4.98 Å². The topological polar surface area (TPSA) is 17.8 Å². The first kappa shape index (κ1) is 13.4. The molecule has 2 nitrogen and oxygen atoms in total. The molecule has 0 saturated carbocycles. The molecule has 3 heteroatoms. The van der Waals surface area contributed by atoms with Crippen molar-refractivity contribution < 1.29 is 0 Å². The Labute approximate surface area is 114 Å². The van der Waals surface area contributed by atoms with Crippen molar-refractivity contribution in [2.45, 2.75) is 40.2 Å². The normalized spacial score (nSPS) is 11.6. The zero-order chi connectivity index (χ0) is 13.1. The molecule has 0 unspecified atom stereocenters. The minimum Gasteiger partial charge on any atom is -0.328 e. The lowest BCUT2D eigenvalue weighted by Gasteiger charge is -2.10. The van der Waals surface area contributed by atoms with Crippen LogP contribution in [0.3, 0.4) is 0 Å². The number of aromatic nitrogens is 2. The summed E-state index contributed by atoms with van der Waals surface area (Å²) in [6, 6.07) is 6.48. The van der Waals surface area contributed by atoms with Crippen LogP contribution in [0.2, 0.25) is 0 Å². The van der Waals surface area contributed by atoms with Gasteiger partial charge in [-0.1, -0.05) is 19.9 Å². The standard InChI is InChI=1S/C15H21ClN2/c1-11(2)7-9-18-14-5-4-12(3)10-13(14)17-15(18)6-8-16/h4-5,10-11H,6-9H2,1-3H3. The van der Waals surface area contributed by atoms with E-state index in [2.05, 4.69) is 43.5 Å². The highest BCUT2D eigenvalue weighted by Gasteiger charge is 2.10. The van der Waals surface area contributed by atoms with Gasteiger partial charge in [0.05, 0.1) is 11.0 Å². The van der Waals surface area contributed by atoms with Gasteiger partial charge in [0.2, 0.25) is 0 Å². The molecule has 0 aliphatic carbocycles. The van der Waals surface area contributed by atoms with Crippen molar-refractivity contribution in [1.82, 2.24) is 9.55 Å². The van der Waals surface area contributed by atoms with Gasteiger partial charge < -0.3 is 4.57 Å². The molecular formula is C15H21ClN2. The van der Waals surface area contributed by atoms with Crippen molar-refractivity contribution in [3.05, 3.63) is 29.6 Å². The van der Waals surface area contributed by atoms with Crippen molar-refractivity contribution in [3.8, 4) is 0 Å². The average Bonchev–Trinajstić information content (AvgIpc) is 2.63. The van der Waals surface area contributed by atoms with E-state index in [0.29, 0.717) is 11.8 Å². The minimum absolute atomic E-state index is 0.629. The lowest BCUT2D eigenvalue weighted by Crippen LogP contribution is -2.06. The van der Waals surface area contributed by atoms with Gasteiger partial charge in [-0.3, -0.25) is 0 Å². The first-order valence-corrected chi connectivity index (χ1v) is 7.17. The second-order valence-electron chi connectivity index (χ2n) is 5.29. The molecule has 0 saturated heterocycles. The maximum Gasteiger partial charge on any atom is 0.111 e. The molecule has 0 radical (unpaired) electrons. The zero-order valence-electron chi connectivity index (χ0n) is 11.4. The fourth-order valence-electron chi connectivity index (χ4n) is 2.20. The summed E-state index contributed by atoms with van der Waals surface area (Å²) in [7, 11) is 0. The maximum atomic E-state index is 5.88. The predicted octanol–water partition coefficient (Wildman–Crippen LogP) is 4.17. The molecule has 0 fully saturated rings. The van der Waals surface area contributed by atoms with Gasteiger partial charge >= 0.3 is 0 Å². The summed E-state index contributed by atoms with van der Waals surface area (Å²) in [6.45, 7) is 7.65. The largest absolute Gasteiger partial charge is 0.328 e. The number of hydrogen-bond acceptors (Lipinski definition) is 1. The highest BCUT2D eigenvalue weighted by atomic mass is 35.5. The fourth-order valence-corrected chi connectivity index (χ4v) is 2.37. The smallest absolute Gasteiger partial charge is 0.111 e. The quantitative estimate of drug-likeness (QED) is 0.741. The van der Waals surface area contributed by atoms with Gasteiger partial charge in [-0.05, 0) is 37.0 Å². The van der Waals surface area contributed by atoms with E-state index >= 15 is 0 Å². The number of imidazole rings is 1. The van der Waals surface area contributed by atoms with Gasteiger partial charge in [0.15, 0.2) is 0 Å². The summed E-state index contributed by atoms with van der Waals surface area (Å²) < 4.78 is 2.33. The van der Waals surface area contributed by atoms with Crippen molar-refractivity contribution in [1.29, 1.82) is 0 Å². The van der Waals surface area contributed by atoms with Crippen LogP contribution in [-0.4, -0.2) is 15.4 Å². The lowest BCUT2D eigenvalue weighted by molar-refractivity contribution is 0.513. The molecule has 1 aromatic heterocycles. The van der Waals surface area contributed by atoms with Crippen molar-refractivity contribution in [3.63, 3.8) is 0 Å². The average molecular weight is 265 g/mol. The Morgan fingerprint density at radius 3 is 2.78 bits per heavy atom. The number of aryl methyl sites for hydroxylation is 3. The molecule has 1 aromatic carbocycles. The first-order valence-electron chi connectivity index (χ1n) is 6.63. The summed E-state index contributed by atoms with van der Waals surface area (Å²) in [5, 5.41) is 0. The second-order valence-corrected chi connectivity index (χ2v) is 5.67. The van der Waals surface area contributed by atoms with Crippen LogP contribution in [0.4, 0.5) is 0 Å². The van der Waals surface area contributed by atoms with E-state index in [-0.39, 0.29) is 0 Å². The molecule has 0 atom stereocenters. The van der Waals surface area contributed by atoms with Gasteiger partial charge in [-0.15, -0.1) is 11.6 Å². The maximum absolute atomic E-state index is 5.88. The zero-order valence-corrected chi connectivity index (χ0v) is 12.2. The number of alkyl halides is 1. The van der Waals surface area contributed by atoms with Gasteiger partial charge in [-0.2, -0.15) is 0 Å². The number of fused-ring (bicyclic) bond motifs is 1. The molecule has 0 aliphatic heterocycles. The fraction of sp³-hybridized carbons (Fsp3) is 0.533. The van der Waals surface area contributed by atoms with Crippen molar-refractivity contribution in [2.24, 2.45) is 5.92 Å². The van der Waals surface area contributed by atoms with Crippen LogP contribution in [0.25, 0.3) is 11.0 Å². The summed E-state index contributed by atoms with van der Waals surface area (Å²) >= 11 is 5.88. The van der Waals surface area contributed by atoms with Crippen molar-refractivity contribution >= 4 is 22.6 Å². The van der Waals surface area contributed by atoms with Crippen LogP contribution in [0.15, 0.2) is 18.2 Å². The molecule has 0 amide bonds. The molecule has 0 bridgehead atoms. The molecule has 0 N–H and O–H groups in total. The SMILES string of the molecule is Cc1ccc2c(c1)nc(CCCl)n2CCC(C)C. The third-order valence-corrected chi connectivity index (χ3v) is 3.42. The summed E-state index contributed by atoms with van der Waals surface area (Å²) in [5.74, 6) is 2.45. The molecule has 1 heterocycles. The highest BCUT2D eigenvalue weighted by molar-refractivity contribution is 6.17.